The van der Waals surface area contributed by atoms with Crippen LogP contribution in [0.1, 0.15) is 31.5 Å². The summed E-state index contributed by atoms with van der Waals surface area (Å²) in [7, 11) is 0. The Balaban J connectivity index is 1.35. The van der Waals surface area contributed by atoms with Gasteiger partial charge in [0.15, 0.2) is 5.82 Å². The average Bonchev–Trinajstić information content (AvgIpc) is 3.38. The molecule has 4 aromatic rings. The van der Waals surface area contributed by atoms with E-state index in [1.54, 1.807) is 21.5 Å². The number of benzene rings is 1. The lowest BCUT2D eigenvalue weighted by Gasteiger charge is -2.29. The predicted octanol–water partition coefficient (Wildman–Crippen LogP) is 2.83. The Labute approximate surface area is 173 Å². The minimum Gasteiger partial charge on any atom is -0.338 e. The molecule has 0 unspecified atom stereocenters. The van der Waals surface area contributed by atoms with E-state index in [9.17, 15) is 4.79 Å². The largest absolute Gasteiger partial charge is 0.338 e. The molecular formula is C22H24N6O2. The molecule has 1 atom stereocenters. The predicted molar refractivity (Wildman–Crippen MR) is 112 cm³/mol. The van der Waals surface area contributed by atoms with Crippen LogP contribution >= 0.6 is 0 Å². The fraction of sp³-hybridized carbons (Fsp3) is 0.364. The van der Waals surface area contributed by atoms with Gasteiger partial charge < -0.3 is 9.09 Å². The number of rotatable bonds is 5. The van der Waals surface area contributed by atoms with Crippen LogP contribution in [-0.2, 0) is 13.1 Å². The molecular weight excluding hydrogens is 380 g/mol. The van der Waals surface area contributed by atoms with Crippen LogP contribution in [0.25, 0.3) is 16.8 Å². The van der Waals surface area contributed by atoms with Gasteiger partial charge in [-0.05, 0) is 31.4 Å². The summed E-state index contributed by atoms with van der Waals surface area (Å²) >= 11 is 0. The van der Waals surface area contributed by atoms with E-state index < -0.39 is 0 Å². The molecule has 0 saturated carbocycles. The van der Waals surface area contributed by atoms with Crippen LogP contribution in [0.5, 0.6) is 0 Å². The highest BCUT2D eigenvalue weighted by Gasteiger charge is 2.19. The third-order valence-electron chi connectivity index (χ3n) is 5.59. The molecule has 1 fully saturated rings. The maximum absolute atomic E-state index is 12.9. The molecule has 3 aromatic heterocycles. The standard InChI is InChI=1S/C22H24N6O2/c1-16-6-5-9-26(13-16)15-21-23-20(25-30-21)14-27-10-11-28-19(22(27)29)12-18(24-28)17-7-3-2-4-8-17/h2-4,7-8,10-12,16H,5-6,9,13-15H2,1H3/t16-/m0/s1. The van der Waals surface area contributed by atoms with Gasteiger partial charge in [-0.25, -0.2) is 4.52 Å². The average molecular weight is 404 g/mol. The van der Waals surface area contributed by atoms with Crippen molar-refractivity contribution in [3.63, 3.8) is 0 Å². The van der Waals surface area contributed by atoms with Gasteiger partial charge in [-0.3, -0.25) is 9.69 Å². The number of fused-ring (bicyclic) bond motifs is 1. The van der Waals surface area contributed by atoms with E-state index >= 15 is 0 Å². The summed E-state index contributed by atoms with van der Waals surface area (Å²) in [4.78, 5) is 19.8. The number of likely N-dealkylation sites (tertiary alicyclic amines) is 1. The Bertz CT molecular complexity index is 1210. The molecule has 30 heavy (non-hydrogen) atoms. The summed E-state index contributed by atoms with van der Waals surface area (Å²) in [6.45, 7) is 5.31. The SMILES string of the molecule is C[C@H]1CCCN(Cc2nc(Cn3ccn4nc(-c5ccccc5)cc4c3=O)no2)C1. The highest BCUT2D eigenvalue weighted by atomic mass is 16.5. The van der Waals surface area contributed by atoms with Crippen LogP contribution in [0, 0.1) is 5.92 Å². The normalized spacial score (nSPS) is 17.6. The molecule has 1 aliphatic rings. The Morgan fingerprint density at radius 1 is 1.17 bits per heavy atom. The smallest absolute Gasteiger partial charge is 0.277 e. The highest BCUT2D eigenvalue weighted by Crippen LogP contribution is 2.18. The van der Waals surface area contributed by atoms with Crippen molar-refractivity contribution < 1.29 is 4.52 Å². The number of nitrogens with zero attached hydrogens (tertiary/aromatic N) is 6. The summed E-state index contributed by atoms with van der Waals surface area (Å²) < 4.78 is 8.63. The van der Waals surface area contributed by atoms with Gasteiger partial charge in [0.2, 0.25) is 5.89 Å². The second-order valence-corrected chi connectivity index (χ2v) is 8.04. The molecule has 0 bridgehead atoms. The topological polar surface area (TPSA) is 81.5 Å². The van der Waals surface area contributed by atoms with Gasteiger partial charge in [-0.1, -0.05) is 42.4 Å². The van der Waals surface area contributed by atoms with E-state index in [0.717, 1.165) is 24.3 Å². The zero-order valence-corrected chi connectivity index (χ0v) is 16.9. The van der Waals surface area contributed by atoms with Crippen molar-refractivity contribution in [2.24, 2.45) is 5.92 Å². The van der Waals surface area contributed by atoms with Crippen LogP contribution in [0.15, 0.2) is 58.1 Å². The van der Waals surface area contributed by atoms with Crippen LogP contribution in [-0.4, -0.2) is 42.3 Å². The first-order chi connectivity index (χ1) is 14.7. The summed E-state index contributed by atoms with van der Waals surface area (Å²) in [6, 6.07) is 11.6. The molecule has 5 rings (SSSR count). The first-order valence-corrected chi connectivity index (χ1v) is 10.3. The van der Waals surface area contributed by atoms with Crippen molar-refractivity contribution >= 4 is 5.52 Å². The number of hydrogen-bond donors (Lipinski definition) is 0. The van der Waals surface area contributed by atoms with Crippen LogP contribution in [0.4, 0.5) is 0 Å². The molecule has 1 aromatic carbocycles. The fourth-order valence-electron chi connectivity index (χ4n) is 4.09. The van der Waals surface area contributed by atoms with Crippen molar-refractivity contribution in [2.45, 2.75) is 32.9 Å². The molecule has 1 saturated heterocycles. The molecule has 0 radical (unpaired) electrons. The summed E-state index contributed by atoms with van der Waals surface area (Å²) in [5, 5.41) is 8.59. The molecule has 8 heteroatoms. The van der Waals surface area contributed by atoms with Gasteiger partial charge in [0.1, 0.15) is 5.52 Å². The summed E-state index contributed by atoms with van der Waals surface area (Å²) in [5.74, 6) is 1.80. The number of piperidine rings is 1. The highest BCUT2D eigenvalue weighted by molar-refractivity contribution is 5.65. The minimum absolute atomic E-state index is 0.136. The summed E-state index contributed by atoms with van der Waals surface area (Å²) in [6.07, 6.45) is 5.96. The summed E-state index contributed by atoms with van der Waals surface area (Å²) in [5.41, 5.74) is 2.12. The van der Waals surface area contributed by atoms with Crippen LogP contribution in [0.3, 0.4) is 0 Å². The maximum Gasteiger partial charge on any atom is 0.277 e. The lowest BCUT2D eigenvalue weighted by atomic mass is 10.0. The van der Waals surface area contributed by atoms with Crippen LogP contribution in [0.2, 0.25) is 0 Å². The Morgan fingerprint density at radius 2 is 2.03 bits per heavy atom. The van der Waals surface area contributed by atoms with Crippen molar-refractivity contribution in [3.8, 4) is 11.3 Å². The zero-order chi connectivity index (χ0) is 20.5. The fourth-order valence-corrected chi connectivity index (χ4v) is 4.09. The van der Waals surface area contributed by atoms with Crippen molar-refractivity contribution in [2.75, 3.05) is 13.1 Å². The van der Waals surface area contributed by atoms with E-state index in [-0.39, 0.29) is 12.1 Å². The van der Waals surface area contributed by atoms with Gasteiger partial charge in [-0.15, -0.1) is 0 Å². The van der Waals surface area contributed by atoms with Gasteiger partial charge in [-0.2, -0.15) is 10.1 Å². The van der Waals surface area contributed by atoms with E-state index in [4.69, 9.17) is 4.52 Å². The second kappa shape index (κ2) is 7.87. The Kier molecular flexibility index (Phi) is 4.92. The first-order valence-electron chi connectivity index (χ1n) is 10.3. The van der Waals surface area contributed by atoms with Gasteiger partial charge >= 0.3 is 0 Å². The van der Waals surface area contributed by atoms with Gasteiger partial charge in [0.25, 0.3) is 5.56 Å². The van der Waals surface area contributed by atoms with E-state index in [1.165, 1.54) is 12.8 Å². The molecule has 0 aliphatic carbocycles. The van der Waals surface area contributed by atoms with Gasteiger partial charge in [0, 0.05) is 24.5 Å². The molecule has 8 nitrogen and oxygen atoms in total. The van der Waals surface area contributed by atoms with Crippen molar-refractivity contribution in [3.05, 3.63) is 70.9 Å². The van der Waals surface area contributed by atoms with E-state index in [1.807, 2.05) is 36.4 Å². The van der Waals surface area contributed by atoms with Gasteiger partial charge in [0.05, 0.1) is 18.8 Å². The molecule has 4 heterocycles. The lowest BCUT2D eigenvalue weighted by Crippen LogP contribution is -2.33. The number of aromatic nitrogens is 5. The van der Waals surface area contributed by atoms with E-state index in [2.05, 4.69) is 27.1 Å². The Hall–Kier alpha value is -3.26. The third kappa shape index (κ3) is 3.78. The van der Waals surface area contributed by atoms with Crippen LogP contribution < -0.4 is 5.56 Å². The van der Waals surface area contributed by atoms with Crippen molar-refractivity contribution in [1.82, 2.24) is 29.2 Å². The Morgan fingerprint density at radius 3 is 2.87 bits per heavy atom. The molecule has 0 amide bonds. The quantitative estimate of drug-likeness (QED) is 0.509. The maximum atomic E-state index is 12.9. The molecule has 1 aliphatic heterocycles. The molecule has 154 valence electrons. The monoisotopic (exact) mass is 404 g/mol. The third-order valence-corrected chi connectivity index (χ3v) is 5.59. The van der Waals surface area contributed by atoms with E-state index in [0.29, 0.717) is 29.7 Å². The lowest BCUT2D eigenvalue weighted by molar-refractivity contribution is 0.157. The zero-order valence-electron chi connectivity index (χ0n) is 16.9. The number of hydrogen-bond acceptors (Lipinski definition) is 6. The second-order valence-electron chi connectivity index (χ2n) is 8.04. The molecule has 0 spiro atoms. The van der Waals surface area contributed by atoms with Crippen molar-refractivity contribution in [1.29, 1.82) is 0 Å². The minimum atomic E-state index is -0.136. The first kappa shape index (κ1) is 18.7. The molecule has 0 N–H and O–H groups in total.